The van der Waals surface area contributed by atoms with Gasteiger partial charge in [0.2, 0.25) is 5.91 Å². The number of benzene rings is 2. The predicted molar refractivity (Wildman–Crippen MR) is 106 cm³/mol. The number of rotatable bonds is 6. The fourth-order valence-corrected chi connectivity index (χ4v) is 3.32. The molecule has 0 saturated heterocycles. The highest BCUT2D eigenvalue weighted by Gasteiger charge is 2.14. The van der Waals surface area contributed by atoms with E-state index in [2.05, 4.69) is 15.0 Å². The number of carbonyl (C=O) groups excluding carboxylic acids is 1. The molecule has 0 fully saturated rings. The van der Waals surface area contributed by atoms with Crippen LogP contribution in [-0.4, -0.2) is 19.3 Å². The lowest BCUT2D eigenvalue weighted by Gasteiger charge is -2.09. The summed E-state index contributed by atoms with van der Waals surface area (Å²) < 4.78 is 27.3. The summed E-state index contributed by atoms with van der Waals surface area (Å²) in [4.78, 5) is 16.1. The van der Waals surface area contributed by atoms with Crippen LogP contribution in [0.15, 0.2) is 90.0 Å². The van der Waals surface area contributed by atoms with Gasteiger partial charge in [0.15, 0.2) is 0 Å². The van der Waals surface area contributed by atoms with Crippen molar-refractivity contribution in [2.24, 2.45) is 0 Å². The number of anilines is 2. The molecule has 6 nitrogen and oxygen atoms in total. The predicted octanol–water partition coefficient (Wildman–Crippen LogP) is 3.53. The van der Waals surface area contributed by atoms with Gasteiger partial charge in [0.25, 0.3) is 10.0 Å². The van der Waals surface area contributed by atoms with Crippen molar-refractivity contribution >= 4 is 33.4 Å². The first-order valence-electron chi connectivity index (χ1n) is 8.11. The van der Waals surface area contributed by atoms with Crippen LogP contribution in [0.1, 0.15) is 5.69 Å². The maximum atomic E-state index is 12.4. The van der Waals surface area contributed by atoms with E-state index < -0.39 is 10.0 Å². The van der Waals surface area contributed by atoms with E-state index in [1.807, 2.05) is 6.07 Å². The van der Waals surface area contributed by atoms with E-state index in [1.165, 1.54) is 30.3 Å². The van der Waals surface area contributed by atoms with Gasteiger partial charge in [-0.05, 0) is 54.6 Å². The standard InChI is InChI=1S/C20H17N3O3S/c24-20(14-11-16-6-4-5-15-21-16)22-17-9-12-19(13-10-17)27(25,26)23-18-7-2-1-3-8-18/h1-15,23H,(H,22,24)/b14-11+. The van der Waals surface area contributed by atoms with Crippen molar-refractivity contribution in [2.45, 2.75) is 4.90 Å². The number of hydrogen-bond donors (Lipinski definition) is 2. The largest absolute Gasteiger partial charge is 0.323 e. The zero-order chi connectivity index (χ0) is 19.1. The molecule has 1 aromatic heterocycles. The smallest absolute Gasteiger partial charge is 0.261 e. The summed E-state index contributed by atoms with van der Waals surface area (Å²) in [6, 6.07) is 20.0. The van der Waals surface area contributed by atoms with E-state index in [9.17, 15) is 13.2 Å². The molecule has 0 atom stereocenters. The molecule has 1 amide bonds. The number of pyridine rings is 1. The van der Waals surface area contributed by atoms with Gasteiger partial charge in [-0.3, -0.25) is 14.5 Å². The molecule has 27 heavy (non-hydrogen) atoms. The molecule has 136 valence electrons. The molecule has 2 aromatic carbocycles. The quantitative estimate of drug-likeness (QED) is 0.641. The average Bonchev–Trinajstić information content (AvgIpc) is 2.68. The second kappa shape index (κ2) is 8.29. The molecule has 0 aliphatic rings. The number of hydrogen-bond acceptors (Lipinski definition) is 4. The second-order valence-corrected chi connectivity index (χ2v) is 7.26. The van der Waals surface area contributed by atoms with Crippen molar-refractivity contribution in [3.05, 3.63) is 90.8 Å². The van der Waals surface area contributed by atoms with Gasteiger partial charge in [0.1, 0.15) is 0 Å². The number of amides is 1. The third-order valence-corrected chi connectivity index (χ3v) is 4.95. The van der Waals surface area contributed by atoms with Crippen LogP contribution in [0.5, 0.6) is 0 Å². The molecule has 0 radical (unpaired) electrons. The van der Waals surface area contributed by atoms with Crippen LogP contribution in [-0.2, 0) is 14.8 Å². The van der Waals surface area contributed by atoms with Gasteiger partial charge < -0.3 is 5.32 Å². The van der Waals surface area contributed by atoms with E-state index in [0.717, 1.165) is 0 Å². The molecule has 7 heteroatoms. The van der Waals surface area contributed by atoms with Gasteiger partial charge in [0.05, 0.1) is 10.6 Å². The van der Waals surface area contributed by atoms with E-state index in [-0.39, 0.29) is 10.8 Å². The number of para-hydroxylation sites is 1. The van der Waals surface area contributed by atoms with Gasteiger partial charge in [-0.2, -0.15) is 0 Å². The van der Waals surface area contributed by atoms with Gasteiger partial charge in [0, 0.05) is 23.6 Å². The van der Waals surface area contributed by atoms with Crippen LogP contribution in [0, 0.1) is 0 Å². The first-order chi connectivity index (χ1) is 13.0. The SMILES string of the molecule is O=C(/C=C/c1ccccn1)Nc1ccc(S(=O)(=O)Nc2ccccc2)cc1. The fourth-order valence-electron chi connectivity index (χ4n) is 2.26. The summed E-state index contributed by atoms with van der Waals surface area (Å²) in [6.45, 7) is 0. The van der Waals surface area contributed by atoms with Crippen molar-refractivity contribution in [2.75, 3.05) is 10.0 Å². The number of nitrogens with one attached hydrogen (secondary N) is 2. The minimum atomic E-state index is -3.69. The van der Waals surface area contributed by atoms with Crippen LogP contribution in [0.3, 0.4) is 0 Å². The molecule has 3 aromatic rings. The van der Waals surface area contributed by atoms with Crippen molar-refractivity contribution in [3.63, 3.8) is 0 Å². The summed E-state index contributed by atoms with van der Waals surface area (Å²) >= 11 is 0. The second-order valence-electron chi connectivity index (χ2n) is 5.57. The highest BCUT2D eigenvalue weighted by Crippen LogP contribution is 2.18. The Morgan fingerprint density at radius 3 is 2.22 bits per heavy atom. The van der Waals surface area contributed by atoms with Crippen LogP contribution in [0.2, 0.25) is 0 Å². The maximum absolute atomic E-state index is 12.4. The maximum Gasteiger partial charge on any atom is 0.261 e. The fraction of sp³-hybridized carbons (Fsp3) is 0. The topological polar surface area (TPSA) is 88.2 Å². The molecule has 2 N–H and O–H groups in total. The first-order valence-corrected chi connectivity index (χ1v) is 9.59. The third kappa shape index (κ3) is 5.26. The van der Waals surface area contributed by atoms with Crippen molar-refractivity contribution in [1.29, 1.82) is 0 Å². The molecule has 0 saturated carbocycles. The van der Waals surface area contributed by atoms with Crippen molar-refractivity contribution < 1.29 is 13.2 Å². The van der Waals surface area contributed by atoms with Gasteiger partial charge in [-0.25, -0.2) is 8.42 Å². The molecule has 0 spiro atoms. The number of nitrogens with zero attached hydrogens (tertiary/aromatic N) is 1. The van der Waals surface area contributed by atoms with E-state index >= 15 is 0 Å². The van der Waals surface area contributed by atoms with Crippen LogP contribution >= 0.6 is 0 Å². The highest BCUT2D eigenvalue weighted by molar-refractivity contribution is 7.92. The Hall–Kier alpha value is -3.45. The average molecular weight is 379 g/mol. The normalized spacial score (nSPS) is 11.3. The Labute approximate surface area is 157 Å². The minimum absolute atomic E-state index is 0.105. The zero-order valence-electron chi connectivity index (χ0n) is 14.2. The van der Waals surface area contributed by atoms with Crippen molar-refractivity contribution in [1.82, 2.24) is 4.98 Å². The molecule has 0 aliphatic heterocycles. The Bertz CT molecular complexity index is 1030. The van der Waals surface area contributed by atoms with Crippen LogP contribution < -0.4 is 10.0 Å². The molecule has 0 bridgehead atoms. The Morgan fingerprint density at radius 1 is 0.852 bits per heavy atom. The number of aromatic nitrogens is 1. The first kappa shape index (κ1) is 18.3. The minimum Gasteiger partial charge on any atom is -0.323 e. The molecule has 1 heterocycles. The zero-order valence-corrected chi connectivity index (χ0v) is 15.1. The Kier molecular flexibility index (Phi) is 5.63. The summed E-state index contributed by atoms with van der Waals surface area (Å²) in [5, 5.41) is 2.67. The summed E-state index contributed by atoms with van der Waals surface area (Å²) in [5.74, 6) is -0.335. The lowest BCUT2D eigenvalue weighted by molar-refractivity contribution is -0.111. The van der Waals surface area contributed by atoms with E-state index in [4.69, 9.17) is 0 Å². The summed E-state index contributed by atoms with van der Waals surface area (Å²) in [5.41, 5.74) is 1.64. The van der Waals surface area contributed by atoms with Gasteiger partial charge in [-0.1, -0.05) is 24.3 Å². The molecular weight excluding hydrogens is 362 g/mol. The number of sulfonamides is 1. The summed E-state index contributed by atoms with van der Waals surface area (Å²) in [7, 11) is -3.69. The number of carbonyl (C=O) groups is 1. The van der Waals surface area contributed by atoms with Crippen LogP contribution in [0.4, 0.5) is 11.4 Å². The lowest BCUT2D eigenvalue weighted by atomic mass is 10.3. The van der Waals surface area contributed by atoms with E-state index in [1.54, 1.807) is 54.7 Å². The van der Waals surface area contributed by atoms with Gasteiger partial charge in [-0.15, -0.1) is 0 Å². The van der Waals surface area contributed by atoms with Crippen LogP contribution in [0.25, 0.3) is 6.08 Å². The Balaban J connectivity index is 1.64. The monoisotopic (exact) mass is 379 g/mol. The third-order valence-electron chi connectivity index (χ3n) is 3.55. The molecule has 0 aliphatic carbocycles. The van der Waals surface area contributed by atoms with Crippen molar-refractivity contribution in [3.8, 4) is 0 Å². The lowest BCUT2D eigenvalue weighted by Crippen LogP contribution is -2.13. The summed E-state index contributed by atoms with van der Waals surface area (Å²) in [6.07, 6.45) is 4.60. The highest BCUT2D eigenvalue weighted by atomic mass is 32.2. The van der Waals surface area contributed by atoms with E-state index in [0.29, 0.717) is 17.1 Å². The van der Waals surface area contributed by atoms with Gasteiger partial charge >= 0.3 is 0 Å². The molecular formula is C20H17N3O3S. The Morgan fingerprint density at radius 2 is 1.56 bits per heavy atom. The molecule has 3 rings (SSSR count). The molecule has 0 unspecified atom stereocenters.